The quantitative estimate of drug-likeness (QED) is 0.894. The lowest BCUT2D eigenvalue weighted by molar-refractivity contribution is -0.116. The minimum absolute atomic E-state index is 0.0805. The van der Waals surface area contributed by atoms with Gasteiger partial charge in [-0.1, -0.05) is 46.3 Å². The van der Waals surface area contributed by atoms with Gasteiger partial charge in [0.25, 0.3) is 0 Å². The number of carbonyl (C=O) groups excluding carboxylic acids is 1. The summed E-state index contributed by atoms with van der Waals surface area (Å²) in [4.78, 5) is 12.0. The average Bonchev–Trinajstić information content (AvgIpc) is 2.44. The number of hydrogen-bond donors (Lipinski definition) is 2. The number of anilines is 1. The molecule has 1 atom stereocenters. The van der Waals surface area contributed by atoms with E-state index in [4.69, 9.17) is 5.73 Å². The van der Waals surface area contributed by atoms with Crippen LogP contribution < -0.4 is 11.1 Å². The van der Waals surface area contributed by atoms with E-state index < -0.39 is 0 Å². The van der Waals surface area contributed by atoms with Crippen LogP contribution in [0.1, 0.15) is 23.6 Å². The number of benzene rings is 2. The second kappa shape index (κ2) is 6.68. The lowest BCUT2D eigenvalue weighted by Gasteiger charge is -2.12. The van der Waals surface area contributed by atoms with Crippen LogP contribution in [0, 0.1) is 6.92 Å². The van der Waals surface area contributed by atoms with E-state index in [1.165, 1.54) is 0 Å². The number of halogens is 1. The van der Waals surface area contributed by atoms with E-state index in [9.17, 15) is 4.79 Å². The number of nitrogens with two attached hydrogens (primary N) is 1. The van der Waals surface area contributed by atoms with Crippen molar-refractivity contribution in [3.63, 3.8) is 0 Å². The molecule has 2 aromatic rings. The summed E-state index contributed by atoms with van der Waals surface area (Å²) in [5.41, 5.74) is 8.87. The molecule has 3 nitrogen and oxygen atoms in total. The molecular weight excluding hydrogens is 316 g/mol. The maximum Gasteiger partial charge on any atom is 0.226 e. The summed E-state index contributed by atoms with van der Waals surface area (Å²) >= 11 is 3.43. The summed E-state index contributed by atoms with van der Waals surface area (Å²) < 4.78 is 1.02. The third-order valence-electron chi connectivity index (χ3n) is 3.07. The molecule has 1 unspecified atom stereocenters. The molecule has 4 heteroatoms. The van der Waals surface area contributed by atoms with Crippen molar-refractivity contribution in [1.29, 1.82) is 0 Å². The van der Waals surface area contributed by atoms with Gasteiger partial charge in [-0.3, -0.25) is 4.79 Å². The molecule has 0 spiro atoms. The zero-order valence-corrected chi connectivity index (χ0v) is 12.9. The fourth-order valence-corrected chi connectivity index (χ4v) is 2.20. The van der Waals surface area contributed by atoms with E-state index in [1.54, 1.807) is 0 Å². The SMILES string of the molecule is Cc1cc(NC(=O)CC(N)c2ccccc2)ccc1Br. The van der Waals surface area contributed by atoms with Gasteiger partial charge in [-0.05, 0) is 36.2 Å². The molecular formula is C16H17BrN2O. The Morgan fingerprint density at radius 2 is 1.95 bits per heavy atom. The van der Waals surface area contributed by atoms with Crippen LogP contribution in [0.3, 0.4) is 0 Å². The van der Waals surface area contributed by atoms with Crippen LogP contribution in [0.4, 0.5) is 5.69 Å². The molecule has 0 fully saturated rings. The Labute approximate surface area is 127 Å². The molecule has 0 aliphatic carbocycles. The Morgan fingerprint density at radius 1 is 1.25 bits per heavy atom. The third kappa shape index (κ3) is 3.92. The van der Waals surface area contributed by atoms with E-state index in [0.717, 1.165) is 21.3 Å². The number of aryl methyl sites for hydroxylation is 1. The molecule has 104 valence electrons. The molecule has 0 aromatic heterocycles. The number of hydrogen-bond acceptors (Lipinski definition) is 2. The molecule has 2 rings (SSSR count). The summed E-state index contributed by atoms with van der Waals surface area (Å²) in [7, 11) is 0. The van der Waals surface area contributed by atoms with Gasteiger partial charge in [0.1, 0.15) is 0 Å². The van der Waals surface area contributed by atoms with E-state index in [-0.39, 0.29) is 18.4 Å². The van der Waals surface area contributed by atoms with Crippen molar-refractivity contribution in [2.45, 2.75) is 19.4 Å². The Morgan fingerprint density at radius 3 is 2.60 bits per heavy atom. The molecule has 0 bridgehead atoms. The monoisotopic (exact) mass is 332 g/mol. The Hall–Kier alpha value is -1.65. The highest BCUT2D eigenvalue weighted by atomic mass is 79.9. The molecule has 20 heavy (non-hydrogen) atoms. The molecule has 0 heterocycles. The number of rotatable bonds is 4. The van der Waals surface area contributed by atoms with Crippen molar-refractivity contribution in [2.75, 3.05) is 5.32 Å². The Bertz CT molecular complexity index is 599. The van der Waals surface area contributed by atoms with Crippen molar-refractivity contribution in [1.82, 2.24) is 0 Å². The van der Waals surface area contributed by atoms with Gasteiger partial charge in [0.05, 0.1) is 0 Å². The zero-order chi connectivity index (χ0) is 14.5. The van der Waals surface area contributed by atoms with Crippen molar-refractivity contribution < 1.29 is 4.79 Å². The van der Waals surface area contributed by atoms with Gasteiger partial charge in [-0.2, -0.15) is 0 Å². The summed E-state index contributed by atoms with van der Waals surface area (Å²) in [5, 5.41) is 2.87. The predicted octanol–water partition coefficient (Wildman–Crippen LogP) is 3.79. The highest BCUT2D eigenvalue weighted by Gasteiger charge is 2.11. The van der Waals surface area contributed by atoms with Gasteiger partial charge >= 0.3 is 0 Å². The van der Waals surface area contributed by atoms with Crippen LogP contribution in [-0.4, -0.2) is 5.91 Å². The molecule has 3 N–H and O–H groups in total. The van der Waals surface area contributed by atoms with E-state index >= 15 is 0 Å². The van der Waals surface area contributed by atoms with E-state index in [0.29, 0.717) is 0 Å². The molecule has 0 aliphatic heterocycles. The van der Waals surface area contributed by atoms with Crippen LogP contribution in [0.25, 0.3) is 0 Å². The molecule has 0 radical (unpaired) electrons. The Balaban J connectivity index is 1.97. The van der Waals surface area contributed by atoms with Gasteiger partial charge in [0, 0.05) is 22.6 Å². The van der Waals surface area contributed by atoms with Crippen LogP contribution in [0.5, 0.6) is 0 Å². The van der Waals surface area contributed by atoms with E-state index in [1.807, 2.05) is 55.5 Å². The predicted molar refractivity (Wildman–Crippen MR) is 85.5 cm³/mol. The standard InChI is InChI=1S/C16H17BrN2O/c1-11-9-13(7-8-14(11)17)19-16(20)10-15(18)12-5-3-2-4-6-12/h2-9,15H,10,18H2,1H3,(H,19,20). The van der Waals surface area contributed by atoms with Crippen LogP contribution in [0.15, 0.2) is 53.0 Å². The molecule has 0 saturated heterocycles. The van der Waals surface area contributed by atoms with Crippen LogP contribution in [-0.2, 0) is 4.79 Å². The minimum atomic E-state index is -0.284. The fourth-order valence-electron chi connectivity index (χ4n) is 1.95. The summed E-state index contributed by atoms with van der Waals surface area (Å²) in [5.74, 6) is -0.0805. The second-order valence-electron chi connectivity index (χ2n) is 4.73. The van der Waals surface area contributed by atoms with Crippen molar-refractivity contribution in [3.05, 3.63) is 64.1 Å². The lowest BCUT2D eigenvalue weighted by Crippen LogP contribution is -2.20. The number of nitrogens with one attached hydrogen (secondary N) is 1. The Kier molecular flexibility index (Phi) is 4.93. The largest absolute Gasteiger partial charge is 0.326 e. The van der Waals surface area contributed by atoms with Gasteiger partial charge in [0.2, 0.25) is 5.91 Å². The van der Waals surface area contributed by atoms with Crippen molar-refractivity contribution >= 4 is 27.5 Å². The molecule has 0 saturated carbocycles. The first-order valence-corrected chi connectivity index (χ1v) is 7.22. The lowest BCUT2D eigenvalue weighted by atomic mass is 10.0. The summed E-state index contributed by atoms with van der Waals surface area (Å²) in [6.45, 7) is 1.98. The van der Waals surface area contributed by atoms with Crippen LogP contribution in [0.2, 0.25) is 0 Å². The third-order valence-corrected chi connectivity index (χ3v) is 3.96. The molecule has 2 aromatic carbocycles. The van der Waals surface area contributed by atoms with Gasteiger partial charge in [-0.25, -0.2) is 0 Å². The minimum Gasteiger partial charge on any atom is -0.326 e. The molecule has 1 amide bonds. The number of carbonyl (C=O) groups is 1. The maximum atomic E-state index is 12.0. The van der Waals surface area contributed by atoms with Crippen molar-refractivity contribution in [2.24, 2.45) is 5.73 Å². The normalized spacial score (nSPS) is 11.9. The number of amides is 1. The maximum absolute atomic E-state index is 12.0. The summed E-state index contributed by atoms with van der Waals surface area (Å²) in [6, 6.07) is 15.1. The zero-order valence-electron chi connectivity index (χ0n) is 11.3. The smallest absolute Gasteiger partial charge is 0.226 e. The first kappa shape index (κ1) is 14.8. The van der Waals surface area contributed by atoms with Crippen molar-refractivity contribution in [3.8, 4) is 0 Å². The first-order valence-electron chi connectivity index (χ1n) is 6.43. The highest BCUT2D eigenvalue weighted by Crippen LogP contribution is 2.21. The van der Waals surface area contributed by atoms with Crippen LogP contribution >= 0.6 is 15.9 Å². The fraction of sp³-hybridized carbons (Fsp3) is 0.188. The second-order valence-corrected chi connectivity index (χ2v) is 5.59. The van der Waals surface area contributed by atoms with E-state index in [2.05, 4.69) is 21.2 Å². The first-order chi connectivity index (χ1) is 9.56. The average molecular weight is 333 g/mol. The summed E-state index contributed by atoms with van der Waals surface area (Å²) in [6.07, 6.45) is 0.263. The van der Waals surface area contributed by atoms with Gasteiger partial charge < -0.3 is 11.1 Å². The highest BCUT2D eigenvalue weighted by molar-refractivity contribution is 9.10. The van der Waals surface area contributed by atoms with Gasteiger partial charge in [0.15, 0.2) is 0 Å². The van der Waals surface area contributed by atoms with Gasteiger partial charge in [-0.15, -0.1) is 0 Å². The molecule has 0 aliphatic rings. The topological polar surface area (TPSA) is 55.1 Å².